The van der Waals surface area contributed by atoms with Crippen molar-refractivity contribution in [1.82, 2.24) is 9.88 Å². The molecule has 3 nitrogen and oxygen atoms in total. The van der Waals surface area contributed by atoms with Crippen LogP contribution >= 0.6 is 22.7 Å². The van der Waals surface area contributed by atoms with Gasteiger partial charge in [-0.2, -0.15) is 0 Å². The number of hydrogen-bond donors (Lipinski definition) is 0. The largest absolute Gasteiger partial charge is 0.334 e. The summed E-state index contributed by atoms with van der Waals surface area (Å²) >= 11 is 3.27. The average molecular weight is 328 g/mol. The van der Waals surface area contributed by atoms with Crippen LogP contribution in [-0.2, 0) is 11.3 Å². The van der Waals surface area contributed by atoms with E-state index < -0.39 is 0 Å². The molecule has 112 valence electrons. The molecule has 3 aromatic rings. The lowest BCUT2D eigenvalue weighted by molar-refractivity contribution is -0.126. The van der Waals surface area contributed by atoms with Crippen LogP contribution in [0, 0.1) is 0 Å². The second kappa shape index (κ2) is 6.85. The van der Waals surface area contributed by atoms with Crippen molar-refractivity contribution < 1.29 is 4.79 Å². The van der Waals surface area contributed by atoms with Crippen LogP contribution < -0.4 is 0 Å². The minimum absolute atomic E-state index is 0.0233. The zero-order chi connectivity index (χ0) is 15.4. The van der Waals surface area contributed by atoms with Gasteiger partial charge in [-0.05, 0) is 36.6 Å². The van der Waals surface area contributed by atoms with Gasteiger partial charge in [0.05, 0.1) is 16.8 Å². The summed E-state index contributed by atoms with van der Waals surface area (Å²) in [4.78, 5) is 19.8. The van der Waals surface area contributed by atoms with Crippen LogP contribution in [0.15, 0.2) is 47.9 Å². The predicted molar refractivity (Wildman–Crippen MR) is 94.1 cm³/mol. The molecule has 22 heavy (non-hydrogen) atoms. The van der Waals surface area contributed by atoms with Crippen LogP contribution in [0.3, 0.4) is 0 Å². The van der Waals surface area contributed by atoms with Crippen molar-refractivity contribution >= 4 is 44.9 Å². The first-order valence-corrected chi connectivity index (χ1v) is 8.81. The van der Waals surface area contributed by atoms with E-state index in [1.165, 1.54) is 4.88 Å². The Morgan fingerprint density at radius 1 is 1.27 bits per heavy atom. The van der Waals surface area contributed by atoms with E-state index in [-0.39, 0.29) is 5.91 Å². The highest BCUT2D eigenvalue weighted by Gasteiger charge is 2.10. The maximum absolute atomic E-state index is 12.3. The number of thiazole rings is 1. The fraction of sp³-hybridized carbons (Fsp3) is 0.176. The van der Waals surface area contributed by atoms with Crippen LogP contribution in [0.1, 0.15) is 16.8 Å². The van der Waals surface area contributed by atoms with Crippen molar-refractivity contribution in [2.45, 2.75) is 13.5 Å². The van der Waals surface area contributed by atoms with Gasteiger partial charge in [-0.15, -0.1) is 22.7 Å². The van der Waals surface area contributed by atoms with E-state index in [0.29, 0.717) is 13.1 Å². The Morgan fingerprint density at radius 3 is 2.86 bits per heavy atom. The summed E-state index contributed by atoms with van der Waals surface area (Å²) in [6, 6.07) is 12.1. The van der Waals surface area contributed by atoms with Gasteiger partial charge in [-0.1, -0.05) is 18.2 Å². The van der Waals surface area contributed by atoms with Gasteiger partial charge in [0, 0.05) is 17.5 Å². The van der Waals surface area contributed by atoms with E-state index in [2.05, 4.69) is 11.1 Å². The van der Waals surface area contributed by atoms with Crippen molar-refractivity contribution in [3.63, 3.8) is 0 Å². The lowest BCUT2D eigenvalue weighted by Crippen LogP contribution is -2.28. The molecule has 0 atom stereocenters. The van der Waals surface area contributed by atoms with E-state index in [0.717, 1.165) is 15.2 Å². The van der Waals surface area contributed by atoms with Gasteiger partial charge in [-0.25, -0.2) is 4.98 Å². The van der Waals surface area contributed by atoms with Crippen molar-refractivity contribution in [2.75, 3.05) is 6.54 Å². The summed E-state index contributed by atoms with van der Waals surface area (Å²) in [6.07, 6.45) is 3.43. The topological polar surface area (TPSA) is 33.2 Å². The molecule has 0 unspecified atom stereocenters. The molecule has 0 fully saturated rings. The number of para-hydroxylation sites is 1. The fourth-order valence-electron chi connectivity index (χ4n) is 2.15. The van der Waals surface area contributed by atoms with Gasteiger partial charge >= 0.3 is 0 Å². The number of carbonyl (C=O) groups is 1. The molecule has 3 rings (SSSR count). The summed E-state index contributed by atoms with van der Waals surface area (Å²) in [5.41, 5.74) is 0.977. The molecule has 0 N–H and O–H groups in total. The monoisotopic (exact) mass is 328 g/mol. The highest BCUT2D eigenvalue weighted by molar-refractivity contribution is 7.19. The third-order valence-corrected chi connectivity index (χ3v) is 5.16. The van der Waals surface area contributed by atoms with Crippen LogP contribution in [-0.4, -0.2) is 22.3 Å². The molecule has 1 amide bonds. The number of amides is 1. The van der Waals surface area contributed by atoms with Crippen LogP contribution in [0.25, 0.3) is 16.3 Å². The summed E-state index contributed by atoms with van der Waals surface area (Å²) < 4.78 is 1.14. The Morgan fingerprint density at radius 2 is 2.14 bits per heavy atom. The molecule has 0 radical (unpaired) electrons. The van der Waals surface area contributed by atoms with Gasteiger partial charge < -0.3 is 4.90 Å². The third-order valence-electron chi connectivity index (χ3n) is 3.30. The first kappa shape index (κ1) is 14.9. The summed E-state index contributed by atoms with van der Waals surface area (Å²) in [7, 11) is 0. The Balaban J connectivity index is 1.71. The Kier molecular flexibility index (Phi) is 4.65. The second-order valence-corrected chi connectivity index (χ2v) is 6.88. The SMILES string of the molecule is CCN(Cc1cccs1)C(=O)/C=C/c1nc2ccccc2s1. The molecule has 0 aliphatic carbocycles. The molecule has 0 aliphatic heterocycles. The van der Waals surface area contributed by atoms with Gasteiger partial charge in [0.2, 0.25) is 5.91 Å². The molecular formula is C17H16N2OS2. The Labute approximate surface area is 137 Å². The molecule has 0 saturated carbocycles. The number of thiophene rings is 1. The molecular weight excluding hydrogens is 312 g/mol. The highest BCUT2D eigenvalue weighted by atomic mass is 32.1. The number of aromatic nitrogens is 1. The van der Waals surface area contributed by atoms with E-state index in [4.69, 9.17) is 0 Å². The second-order valence-electron chi connectivity index (χ2n) is 4.78. The Bertz CT molecular complexity index is 757. The number of rotatable bonds is 5. The summed E-state index contributed by atoms with van der Waals surface area (Å²) in [5, 5.41) is 2.90. The molecule has 0 bridgehead atoms. The van der Waals surface area contributed by atoms with Crippen molar-refractivity contribution in [3.8, 4) is 0 Å². The molecule has 2 aromatic heterocycles. The summed E-state index contributed by atoms with van der Waals surface area (Å²) in [6.45, 7) is 3.36. The number of benzene rings is 1. The number of carbonyl (C=O) groups excluding carboxylic acids is 1. The van der Waals surface area contributed by atoms with Gasteiger partial charge in [0.15, 0.2) is 0 Å². The Hall–Kier alpha value is -1.98. The predicted octanol–water partition coefficient (Wildman–Crippen LogP) is 4.42. The first-order valence-electron chi connectivity index (χ1n) is 7.11. The minimum atomic E-state index is 0.0233. The van der Waals surface area contributed by atoms with Gasteiger partial charge in [0.1, 0.15) is 5.01 Å². The van der Waals surface area contributed by atoms with E-state index in [1.54, 1.807) is 28.7 Å². The maximum Gasteiger partial charge on any atom is 0.246 e. The van der Waals surface area contributed by atoms with Gasteiger partial charge in [-0.3, -0.25) is 4.79 Å². The summed E-state index contributed by atoms with van der Waals surface area (Å²) in [5.74, 6) is 0.0233. The van der Waals surface area contributed by atoms with Crippen LogP contribution in [0.4, 0.5) is 0 Å². The lowest BCUT2D eigenvalue weighted by Gasteiger charge is -2.17. The molecule has 5 heteroatoms. The van der Waals surface area contributed by atoms with Gasteiger partial charge in [0.25, 0.3) is 0 Å². The minimum Gasteiger partial charge on any atom is -0.334 e. The van der Waals surface area contributed by atoms with Crippen molar-refractivity contribution in [1.29, 1.82) is 0 Å². The van der Waals surface area contributed by atoms with E-state index >= 15 is 0 Å². The quantitative estimate of drug-likeness (QED) is 0.650. The molecule has 2 heterocycles. The number of hydrogen-bond acceptors (Lipinski definition) is 4. The zero-order valence-electron chi connectivity index (χ0n) is 12.2. The first-order chi connectivity index (χ1) is 10.8. The maximum atomic E-state index is 12.3. The standard InChI is InChI=1S/C17H16N2OS2/c1-2-19(12-13-6-5-11-21-13)17(20)10-9-16-18-14-7-3-4-8-15(14)22-16/h3-11H,2,12H2,1H3/b10-9+. The molecule has 1 aromatic carbocycles. The van der Waals surface area contributed by atoms with Crippen molar-refractivity contribution in [2.24, 2.45) is 0 Å². The zero-order valence-corrected chi connectivity index (χ0v) is 13.9. The number of likely N-dealkylation sites (N-methyl/N-ethyl adjacent to an activating group) is 1. The fourth-order valence-corrected chi connectivity index (χ4v) is 3.74. The van der Waals surface area contributed by atoms with Crippen LogP contribution in [0.5, 0.6) is 0 Å². The average Bonchev–Trinajstić information content (AvgIpc) is 3.18. The van der Waals surface area contributed by atoms with Crippen molar-refractivity contribution in [3.05, 3.63) is 57.7 Å². The molecule has 0 saturated heterocycles. The molecule has 0 aliphatic rings. The van der Waals surface area contributed by atoms with E-state index in [1.807, 2.05) is 53.6 Å². The lowest BCUT2D eigenvalue weighted by atomic mass is 10.3. The van der Waals surface area contributed by atoms with E-state index in [9.17, 15) is 4.79 Å². The third kappa shape index (κ3) is 3.43. The normalized spacial score (nSPS) is 11.3. The highest BCUT2D eigenvalue weighted by Crippen LogP contribution is 2.22. The smallest absolute Gasteiger partial charge is 0.246 e. The molecule has 0 spiro atoms. The van der Waals surface area contributed by atoms with Crippen LogP contribution in [0.2, 0.25) is 0 Å². The number of fused-ring (bicyclic) bond motifs is 1. The number of nitrogens with zero attached hydrogens (tertiary/aromatic N) is 2.